The zero-order valence-corrected chi connectivity index (χ0v) is 12.4. The number of nitrogens with zero attached hydrogens (tertiary/aromatic N) is 2. The number of para-hydroxylation sites is 1. The SMILES string of the molecule is O=C1NC2(CCOc3ccccc32)N=[N+]1c1ccc(Cl)cc1. The highest BCUT2D eigenvalue weighted by atomic mass is 35.5. The van der Waals surface area contributed by atoms with E-state index in [4.69, 9.17) is 16.3 Å². The Bertz CT molecular complexity index is 788. The molecule has 1 N–H and O–H groups in total. The smallest absolute Gasteiger partial charge is 0.493 e. The lowest BCUT2D eigenvalue weighted by molar-refractivity contribution is -0.404. The summed E-state index contributed by atoms with van der Waals surface area (Å²) in [4.78, 5) is 12.4. The van der Waals surface area contributed by atoms with Gasteiger partial charge in [0.05, 0.1) is 18.6 Å². The van der Waals surface area contributed by atoms with E-state index in [0.717, 1.165) is 11.3 Å². The van der Waals surface area contributed by atoms with Crippen LogP contribution in [0, 0.1) is 0 Å². The van der Waals surface area contributed by atoms with Crippen molar-refractivity contribution in [1.82, 2.24) is 5.32 Å². The van der Waals surface area contributed by atoms with Crippen LogP contribution in [-0.4, -0.2) is 17.3 Å². The number of benzene rings is 2. The van der Waals surface area contributed by atoms with Crippen LogP contribution in [-0.2, 0) is 5.66 Å². The quantitative estimate of drug-likeness (QED) is 0.814. The minimum absolute atomic E-state index is 0.251. The maximum Gasteiger partial charge on any atom is 0.519 e. The van der Waals surface area contributed by atoms with Gasteiger partial charge in [0.1, 0.15) is 5.75 Å². The Morgan fingerprint density at radius 1 is 1.18 bits per heavy atom. The molecule has 2 aliphatic rings. The fourth-order valence-corrected chi connectivity index (χ4v) is 2.97. The third-order valence-corrected chi connectivity index (χ3v) is 4.15. The number of hydrogen-bond acceptors (Lipinski definition) is 3. The number of urea groups is 1. The zero-order chi connectivity index (χ0) is 15.2. The number of halogens is 1. The molecule has 2 aromatic carbocycles. The molecule has 110 valence electrons. The van der Waals surface area contributed by atoms with Crippen LogP contribution in [0.2, 0.25) is 5.02 Å². The van der Waals surface area contributed by atoms with Crippen molar-refractivity contribution in [3.8, 4) is 5.75 Å². The third-order valence-electron chi connectivity index (χ3n) is 3.90. The van der Waals surface area contributed by atoms with Crippen molar-refractivity contribution in [3.05, 3.63) is 59.1 Å². The summed E-state index contributed by atoms with van der Waals surface area (Å²) in [7, 11) is 0. The molecule has 0 bridgehead atoms. The Kier molecular flexibility index (Phi) is 2.90. The van der Waals surface area contributed by atoms with Crippen LogP contribution in [0.1, 0.15) is 12.0 Å². The van der Waals surface area contributed by atoms with Crippen molar-refractivity contribution < 1.29 is 14.2 Å². The molecule has 4 rings (SSSR count). The summed E-state index contributed by atoms with van der Waals surface area (Å²) >= 11 is 5.90. The predicted molar refractivity (Wildman–Crippen MR) is 80.6 cm³/mol. The largest absolute Gasteiger partial charge is 0.519 e. The molecule has 5 nitrogen and oxygen atoms in total. The van der Waals surface area contributed by atoms with Gasteiger partial charge in [0.15, 0.2) is 5.69 Å². The Labute approximate surface area is 132 Å². The minimum Gasteiger partial charge on any atom is -0.493 e. The maximum atomic E-state index is 12.4. The predicted octanol–water partition coefficient (Wildman–Crippen LogP) is 3.79. The second kappa shape index (κ2) is 4.81. The summed E-state index contributed by atoms with van der Waals surface area (Å²) in [6.07, 6.45) is 0.597. The number of nitrogens with one attached hydrogen (secondary N) is 1. The first kappa shape index (κ1) is 13.3. The summed E-state index contributed by atoms with van der Waals surface area (Å²) in [5.41, 5.74) is 0.805. The molecule has 2 aliphatic heterocycles. The van der Waals surface area contributed by atoms with Gasteiger partial charge in [-0.2, -0.15) is 4.79 Å². The highest BCUT2D eigenvalue weighted by Gasteiger charge is 2.52. The lowest BCUT2D eigenvalue weighted by Crippen LogP contribution is -2.43. The molecule has 0 fully saturated rings. The molecule has 0 aliphatic carbocycles. The highest BCUT2D eigenvalue weighted by molar-refractivity contribution is 6.30. The topological polar surface area (TPSA) is 53.7 Å². The molecule has 2 amide bonds. The lowest BCUT2D eigenvalue weighted by atomic mass is 9.94. The van der Waals surface area contributed by atoms with Crippen LogP contribution in [0.3, 0.4) is 0 Å². The van der Waals surface area contributed by atoms with Crippen LogP contribution in [0.25, 0.3) is 0 Å². The van der Waals surface area contributed by atoms with Gasteiger partial charge in [0.25, 0.3) is 5.66 Å². The average Bonchev–Trinajstić information content (AvgIpc) is 2.86. The highest BCUT2D eigenvalue weighted by Crippen LogP contribution is 2.41. The Morgan fingerprint density at radius 3 is 2.77 bits per heavy atom. The van der Waals surface area contributed by atoms with E-state index in [1.165, 1.54) is 4.70 Å². The standard InChI is InChI=1S/C16H12ClN3O2/c17-11-5-7-12(8-6-11)20-15(21)18-16(19-20)9-10-22-14-4-2-1-3-13(14)16/h1-8H,9-10H2/p+1. The first-order chi connectivity index (χ1) is 10.7. The minimum atomic E-state index is -0.758. The summed E-state index contributed by atoms with van der Waals surface area (Å²) in [6.45, 7) is 0.509. The molecule has 1 atom stereocenters. The fourth-order valence-electron chi connectivity index (χ4n) is 2.84. The van der Waals surface area contributed by atoms with Gasteiger partial charge < -0.3 is 4.74 Å². The van der Waals surface area contributed by atoms with Crippen molar-refractivity contribution in [3.63, 3.8) is 0 Å². The molecular formula is C16H13ClN3O2+. The van der Waals surface area contributed by atoms with Crippen molar-refractivity contribution in [1.29, 1.82) is 0 Å². The molecule has 22 heavy (non-hydrogen) atoms. The molecule has 1 spiro atoms. The van der Waals surface area contributed by atoms with Crippen LogP contribution >= 0.6 is 11.6 Å². The van der Waals surface area contributed by atoms with E-state index in [-0.39, 0.29) is 6.03 Å². The molecule has 0 saturated heterocycles. The van der Waals surface area contributed by atoms with Gasteiger partial charge in [0, 0.05) is 5.02 Å². The monoisotopic (exact) mass is 314 g/mol. The number of carbonyl (C=O) groups excluding carboxylic acids is 1. The van der Waals surface area contributed by atoms with Crippen LogP contribution in [0.4, 0.5) is 10.5 Å². The van der Waals surface area contributed by atoms with E-state index in [0.29, 0.717) is 23.7 Å². The number of carbonyl (C=O) groups is 1. The number of amides is 2. The zero-order valence-electron chi connectivity index (χ0n) is 11.6. The molecule has 0 aromatic heterocycles. The van der Waals surface area contributed by atoms with Crippen molar-refractivity contribution in [2.75, 3.05) is 6.61 Å². The number of hydrogen-bond donors (Lipinski definition) is 1. The maximum absolute atomic E-state index is 12.4. The lowest BCUT2D eigenvalue weighted by Gasteiger charge is -2.27. The number of rotatable bonds is 1. The summed E-state index contributed by atoms with van der Waals surface area (Å²) in [5, 5.41) is 8.27. The first-order valence-electron chi connectivity index (χ1n) is 7.01. The normalized spacial score (nSPS) is 22.8. The molecular weight excluding hydrogens is 302 g/mol. The fraction of sp³-hybridized carbons (Fsp3) is 0.188. The van der Waals surface area contributed by atoms with Gasteiger partial charge in [-0.1, -0.05) is 33.5 Å². The Morgan fingerprint density at radius 2 is 1.95 bits per heavy atom. The third kappa shape index (κ3) is 1.97. The Hall–Kier alpha value is -2.40. The number of fused-ring (bicyclic) bond motifs is 2. The molecule has 0 radical (unpaired) electrons. The molecule has 1 unspecified atom stereocenters. The van der Waals surface area contributed by atoms with Crippen LogP contribution in [0.15, 0.2) is 53.6 Å². The molecule has 0 saturated carbocycles. The molecule has 2 aromatic rings. The number of azo groups is 2. The summed E-state index contributed by atoms with van der Waals surface area (Å²) < 4.78 is 7.04. The second-order valence-corrected chi connectivity index (χ2v) is 5.71. The van der Waals surface area contributed by atoms with E-state index in [1.807, 2.05) is 24.3 Å². The van der Waals surface area contributed by atoms with Crippen molar-refractivity contribution in [2.24, 2.45) is 5.11 Å². The van der Waals surface area contributed by atoms with Gasteiger partial charge in [0.2, 0.25) is 0 Å². The van der Waals surface area contributed by atoms with Gasteiger partial charge in [-0.05, 0) is 36.4 Å². The van der Waals surface area contributed by atoms with E-state index >= 15 is 0 Å². The second-order valence-electron chi connectivity index (χ2n) is 5.27. The van der Waals surface area contributed by atoms with Crippen LogP contribution in [0.5, 0.6) is 5.75 Å². The summed E-state index contributed by atoms with van der Waals surface area (Å²) in [6, 6.07) is 14.4. The van der Waals surface area contributed by atoms with E-state index in [1.54, 1.807) is 24.3 Å². The van der Waals surface area contributed by atoms with E-state index in [2.05, 4.69) is 10.4 Å². The van der Waals surface area contributed by atoms with Gasteiger partial charge in [-0.3, -0.25) is 0 Å². The van der Waals surface area contributed by atoms with Crippen molar-refractivity contribution in [2.45, 2.75) is 12.1 Å². The molecule has 6 heteroatoms. The first-order valence-corrected chi connectivity index (χ1v) is 7.39. The van der Waals surface area contributed by atoms with Gasteiger partial charge in [-0.15, -0.1) is 0 Å². The molecule has 2 heterocycles. The summed E-state index contributed by atoms with van der Waals surface area (Å²) in [5.74, 6) is 0.760. The van der Waals surface area contributed by atoms with Gasteiger partial charge in [-0.25, -0.2) is 5.32 Å². The van der Waals surface area contributed by atoms with Crippen LogP contribution < -0.4 is 10.1 Å². The van der Waals surface area contributed by atoms with Gasteiger partial charge >= 0.3 is 6.03 Å². The van der Waals surface area contributed by atoms with E-state index in [9.17, 15) is 4.79 Å². The van der Waals surface area contributed by atoms with Crippen molar-refractivity contribution >= 4 is 23.3 Å². The average molecular weight is 315 g/mol. The van der Waals surface area contributed by atoms with E-state index < -0.39 is 5.66 Å². The Balaban J connectivity index is 1.82. The number of ether oxygens (including phenoxy) is 1.